The van der Waals surface area contributed by atoms with Crippen LogP contribution in [0.3, 0.4) is 0 Å². The third-order valence-corrected chi connectivity index (χ3v) is 5.19. The molecule has 120 valence electrons. The molecule has 0 aromatic carbocycles. The predicted molar refractivity (Wildman–Crippen MR) is 94.8 cm³/mol. The van der Waals surface area contributed by atoms with Crippen molar-refractivity contribution in [3.05, 3.63) is 44.5 Å². The minimum Gasteiger partial charge on any atom is -0.0885 e. The van der Waals surface area contributed by atoms with Crippen LogP contribution in [0.2, 0.25) is 0 Å². The van der Waals surface area contributed by atoms with E-state index in [4.69, 9.17) is 23.2 Å². The number of rotatable bonds is 8. The van der Waals surface area contributed by atoms with Crippen LogP contribution in [0.15, 0.2) is 44.5 Å². The Morgan fingerprint density at radius 1 is 0.818 bits per heavy atom. The monoisotopic (exact) mass is 414 g/mol. The van der Waals surface area contributed by atoms with E-state index in [1.165, 1.54) is 48.0 Å². The average Bonchev–Trinajstić information content (AvgIpc) is 2.99. The number of allylic oxidation sites excluding steroid dienone is 8. The molecule has 0 unspecified atom stereocenters. The second kappa shape index (κ2) is 10.3. The topological polar surface area (TPSA) is 0 Å². The Bertz CT molecular complexity index is 464. The summed E-state index contributed by atoms with van der Waals surface area (Å²) in [4.78, 5) is 0. The maximum atomic E-state index is 6.41. The van der Waals surface area contributed by atoms with Crippen molar-refractivity contribution >= 4 is 23.2 Å². The summed E-state index contributed by atoms with van der Waals surface area (Å²) in [6.07, 6.45) is 14.6. The SMILES string of the molecule is CCCCC1=C(Cl)CC=C1CC1=CCC(Cl)=C1CCCC.[Zr]. The van der Waals surface area contributed by atoms with Crippen LogP contribution >= 0.6 is 23.2 Å². The molecular formula is C19H26Cl2Zr. The van der Waals surface area contributed by atoms with Crippen molar-refractivity contribution in [2.24, 2.45) is 0 Å². The van der Waals surface area contributed by atoms with Gasteiger partial charge >= 0.3 is 0 Å². The van der Waals surface area contributed by atoms with Gasteiger partial charge in [-0.1, -0.05) is 62.0 Å². The largest absolute Gasteiger partial charge is 0.0885 e. The van der Waals surface area contributed by atoms with E-state index in [0.29, 0.717) is 0 Å². The molecule has 0 aromatic rings. The first kappa shape index (κ1) is 20.5. The molecule has 2 rings (SSSR count). The van der Waals surface area contributed by atoms with E-state index in [2.05, 4.69) is 26.0 Å². The van der Waals surface area contributed by atoms with E-state index in [1.807, 2.05) is 0 Å². The average molecular weight is 417 g/mol. The summed E-state index contributed by atoms with van der Waals surface area (Å²) in [5, 5.41) is 2.12. The summed E-state index contributed by atoms with van der Waals surface area (Å²) >= 11 is 12.8. The summed E-state index contributed by atoms with van der Waals surface area (Å²) < 4.78 is 0. The fourth-order valence-corrected chi connectivity index (χ4v) is 3.72. The van der Waals surface area contributed by atoms with Crippen molar-refractivity contribution in [2.75, 3.05) is 0 Å². The normalized spacial score (nSPS) is 17.8. The summed E-state index contributed by atoms with van der Waals surface area (Å²) in [5.74, 6) is 0. The van der Waals surface area contributed by atoms with E-state index in [1.54, 1.807) is 0 Å². The van der Waals surface area contributed by atoms with Crippen molar-refractivity contribution in [3.63, 3.8) is 0 Å². The first-order chi connectivity index (χ1) is 10.2. The fourth-order valence-electron chi connectivity index (χ4n) is 3.13. The van der Waals surface area contributed by atoms with Crippen LogP contribution in [0.25, 0.3) is 0 Å². The first-order valence-corrected chi connectivity index (χ1v) is 9.06. The van der Waals surface area contributed by atoms with Crippen molar-refractivity contribution in [1.82, 2.24) is 0 Å². The van der Waals surface area contributed by atoms with Gasteiger partial charge in [0.2, 0.25) is 0 Å². The van der Waals surface area contributed by atoms with E-state index < -0.39 is 0 Å². The number of hydrogen-bond acceptors (Lipinski definition) is 0. The zero-order chi connectivity index (χ0) is 15.2. The molecule has 0 aliphatic heterocycles. The minimum absolute atomic E-state index is 0. The van der Waals surface area contributed by atoms with Gasteiger partial charge in [-0.15, -0.1) is 0 Å². The Balaban J connectivity index is 0.00000242. The molecule has 0 amide bonds. The zero-order valence-electron chi connectivity index (χ0n) is 13.8. The number of halogens is 2. The second-order valence-electron chi connectivity index (χ2n) is 6.02. The smallest absolute Gasteiger partial charge is 0.0253 e. The molecule has 0 fully saturated rings. The van der Waals surface area contributed by atoms with Gasteiger partial charge in [0.05, 0.1) is 0 Å². The molecule has 0 atom stereocenters. The maximum absolute atomic E-state index is 6.41. The van der Waals surface area contributed by atoms with Crippen LogP contribution in [-0.4, -0.2) is 0 Å². The maximum Gasteiger partial charge on any atom is 0.0253 e. The summed E-state index contributed by atoms with van der Waals surface area (Å²) in [6.45, 7) is 4.47. The second-order valence-corrected chi connectivity index (χ2v) is 6.93. The van der Waals surface area contributed by atoms with Gasteiger partial charge in [0.15, 0.2) is 0 Å². The molecule has 0 saturated carbocycles. The van der Waals surface area contributed by atoms with E-state index in [-0.39, 0.29) is 26.2 Å². The van der Waals surface area contributed by atoms with Gasteiger partial charge in [0, 0.05) is 49.1 Å². The van der Waals surface area contributed by atoms with Crippen LogP contribution in [0, 0.1) is 0 Å². The molecule has 0 spiro atoms. The van der Waals surface area contributed by atoms with Crippen molar-refractivity contribution < 1.29 is 26.2 Å². The first-order valence-electron chi connectivity index (χ1n) is 8.31. The number of unbranched alkanes of at least 4 members (excludes halogenated alkanes) is 2. The van der Waals surface area contributed by atoms with Gasteiger partial charge in [-0.2, -0.15) is 0 Å². The molecule has 22 heavy (non-hydrogen) atoms. The molecule has 2 aliphatic rings. The fraction of sp³-hybridized carbons (Fsp3) is 0.579. The molecular weight excluding hydrogens is 390 g/mol. The van der Waals surface area contributed by atoms with E-state index in [9.17, 15) is 0 Å². The minimum atomic E-state index is 0. The van der Waals surface area contributed by atoms with Gasteiger partial charge in [0.1, 0.15) is 0 Å². The third kappa shape index (κ3) is 5.22. The standard InChI is InChI=1S/C19H26Cl2.Zr/c1-3-5-7-16-14(9-11-18(16)20)13-15-10-12-19(21)17(15)8-6-4-2;/h9-10H,3-8,11-13H2,1-2H3;. The molecule has 0 N–H and O–H groups in total. The molecule has 0 radical (unpaired) electrons. The Morgan fingerprint density at radius 3 is 1.59 bits per heavy atom. The molecule has 0 nitrogen and oxygen atoms in total. The van der Waals surface area contributed by atoms with Gasteiger partial charge < -0.3 is 0 Å². The van der Waals surface area contributed by atoms with Gasteiger partial charge in [-0.3, -0.25) is 0 Å². The van der Waals surface area contributed by atoms with E-state index >= 15 is 0 Å². The number of hydrogen-bond donors (Lipinski definition) is 0. The van der Waals surface area contributed by atoms with Gasteiger partial charge in [-0.05, 0) is 54.4 Å². The zero-order valence-corrected chi connectivity index (χ0v) is 17.7. The Kier molecular flexibility index (Phi) is 9.60. The van der Waals surface area contributed by atoms with Crippen LogP contribution in [0.5, 0.6) is 0 Å². The van der Waals surface area contributed by atoms with Crippen LogP contribution in [0.1, 0.15) is 71.6 Å². The Labute approximate surface area is 164 Å². The van der Waals surface area contributed by atoms with Crippen LogP contribution < -0.4 is 0 Å². The molecule has 0 heterocycles. The van der Waals surface area contributed by atoms with Crippen molar-refractivity contribution in [2.45, 2.75) is 71.6 Å². The molecule has 0 bridgehead atoms. The molecule has 0 saturated heterocycles. The Hall–Kier alpha value is 0.423. The van der Waals surface area contributed by atoms with Gasteiger partial charge in [-0.25, -0.2) is 0 Å². The summed E-state index contributed by atoms with van der Waals surface area (Å²) in [6, 6.07) is 0. The molecule has 0 aromatic heterocycles. The van der Waals surface area contributed by atoms with E-state index in [0.717, 1.165) is 42.2 Å². The predicted octanol–water partition coefficient (Wildman–Crippen LogP) is 7.40. The van der Waals surface area contributed by atoms with Crippen molar-refractivity contribution in [1.29, 1.82) is 0 Å². The summed E-state index contributed by atoms with van der Waals surface area (Å²) in [5.41, 5.74) is 5.69. The van der Waals surface area contributed by atoms with Gasteiger partial charge in [0.25, 0.3) is 0 Å². The van der Waals surface area contributed by atoms with Crippen LogP contribution in [-0.2, 0) is 26.2 Å². The van der Waals surface area contributed by atoms with Crippen molar-refractivity contribution in [3.8, 4) is 0 Å². The molecule has 2 aliphatic carbocycles. The third-order valence-electron chi connectivity index (χ3n) is 4.43. The molecule has 3 heteroatoms. The Morgan fingerprint density at radius 2 is 1.23 bits per heavy atom. The summed E-state index contributed by atoms with van der Waals surface area (Å²) in [7, 11) is 0. The van der Waals surface area contributed by atoms with Crippen LogP contribution in [0.4, 0.5) is 0 Å². The quantitative estimate of drug-likeness (QED) is 0.387.